The first-order valence-corrected chi connectivity index (χ1v) is 9.38. The first-order chi connectivity index (χ1) is 12.4. The van der Waals surface area contributed by atoms with Crippen LogP contribution in [0, 0.1) is 6.92 Å². The number of carbonyl (C=O) groups excluding carboxylic acids is 1. The number of ketones is 1. The summed E-state index contributed by atoms with van der Waals surface area (Å²) in [6, 6.07) is 8.94. The Morgan fingerprint density at radius 3 is 2.81 bits per heavy atom. The zero-order valence-electron chi connectivity index (χ0n) is 14.5. The standard InChI is InChI=1S/C19H21ClN2O3S/c1-12-8-16(25-21-12)10-19(26)22-11-15(23)9-17(22)18(24)7-4-13-2-5-14(20)6-3-13/h2-3,5-6,8,15,17,23H,4,7,9-11H2,1H3/t15-,17+/m1/s1. The van der Waals surface area contributed by atoms with Crippen molar-refractivity contribution in [1.29, 1.82) is 0 Å². The van der Waals surface area contributed by atoms with Crippen molar-refractivity contribution in [3.8, 4) is 0 Å². The van der Waals surface area contributed by atoms with Gasteiger partial charge >= 0.3 is 0 Å². The van der Waals surface area contributed by atoms with E-state index in [2.05, 4.69) is 5.16 Å². The number of nitrogens with zero attached hydrogens (tertiary/aromatic N) is 2. The van der Waals surface area contributed by atoms with E-state index in [1.54, 1.807) is 0 Å². The molecule has 0 saturated carbocycles. The number of β-amino-alcohol motifs (C(OH)–C–C–N with tert-alkyl or cyclic N) is 1. The van der Waals surface area contributed by atoms with Gasteiger partial charge in [-0.1, -0.05) is 41.1 Å². The molecule has 1 N–H and O–H groups in total. The number of benzene rings is 1. The van der Waals surface area contributed by atoms with Gasteiger partial charge in [-0.2, -0.15) is 0 Å². The molecule has 2 heterocycles. The number of halogens is 1. The largest absolute Gasteiger partial charge is 0.391 e. The Kier molecular flexibility index (Phi) is 6.06. The van der Waals surface area contributed by atoms with Gasteiger partial charge in [0.05, 0.1) is 29.2 Å². The van der Waals surface area contributed by atoms with Crippen LogP contribution in [0.4, 0.5) is 0 Å². The lowest BCUT2D eigenvalue weighted by atomic mass is 10.0. The van der Waals surface area contributed by atoms with Crippen LogP contribution >= 0.6 is 23.8 Å². The van der Waals surface area contributed by atoms with Crippen molar-refractivity contribution in [2.75, 3.05) is 6.54 Å². The third-order valence-corrected chi connectivity index (χ3v) is 5.18. The Balaban J connectivity index is 1.61. The van der Waals surface area contributed by atoms with Gasteiger partial charge in [0, 0.05) is 30.5 Å². The van der Waals surface area contributed by atoms with E-state index in [0.717, 1.165) is 11.3 Å². The van der Waals surface area contributed by atoms with Crippen molar-refractivity contribution in [2.24, 2.45) is 0 Å². The summed E-state index contributed by atoms with van der Waals surface area (Å²) < 4.78 is 5.21. The maximum absolute atomic E-state index is 12.7. The normalized spacial score (nSPS) is 19.7. The molecule has 0 amide bonds. The minimum atomic E-state index is -0.547. The number of thiocarbonyl (C=S) groups is 1. The molecule has 1 aliphatic heterocycles. The van der Waals surface area contributed by atoms with Crippen LogP contribution in [0.2, 0.25) is 5.02 Å². The van der Waals surface area contributed by atoms with E-state index in [4.69, 9.17) is 28.3 Å². The van der Waals surface area contributed by atoms with Gasteiger partial charge in [0.15, 0.2) is 5.78 Å². The predicted molar refractivity (Wildman–Crippen MR) is 103 cm³/mol. The number of aryl methyl sites for hydroxylation is 2. The van der Waals surface area contributed by atoms with Gasteiger partial charge in [-0.3, -0.25) is 4.79 Å². The molecule has 0 aliphatic carbocycles. The van der Waals surface area contributed by atoms with Crippen molar-refractivity contribution < 1.29 is 14.4 Å². The lowest BCUT2D eigenvalue weighted by Crippen LogP contribution is -2.40. The minimum Gasteiger partial charge on any atom is -0.391 e. The summed E-state index contributed by atoms with van der Waals surface area (Å²) >= 11 is 11.4. The molecule has 1 aromatic heterocycles. The Morgan fingerprint density at radius 1 is 1.42 bits per heavy atom. The number of carbonyl (C=O) groups is 1. The first kappa shape index (κ1) is 19.0. The molecule has 1 fully saturated rings. The van der Waals surface area contributed by atoms with Crippen LogP contribution in [0.15, 0.2) is 34.9 Å². The van der Waals surface area contributed by atoms with Crippen LogP contribution < -0.4 is 0 Å². The molecule has 5 nitrogen and oxygen atoms in total. The molecule has 1 saturated heterocycles. The zero-order chi connectivity index (χ0) is 18.7. The highest BCUT2D eigenvalue weighted by Gasteiger charge is 2.36. The summed E-state index contributed by atoms with van der Waals surface area (Å²) in [4.78, 5) is 15.2. The third kappa shape index (κ3) is 4.69. The zero-order valence-corrected chi connectivity index (χ0v) is 16.1. The minimum absolute atomic E-state index is 0.0904. The number of aliphatic hydroxyl groups is 1. The second kappa shape index (κ2) is 8.29. The Labute approximate surface area is 162 Å². The molecule has 0 radical (unpaired) electrons. The topological polar surface area (TPSA) is 66.6 Å². The van der Waals surface area contributed by atoms with E-state index in [1.807, 2.05) is 42.2 Å². The lowest BCUT2D eigenvalue weighted by molar-refractivity contribution is -0.122. The van der Waals surface area contributed by atoms with Gasteiger partial charge in [-0.05, 0) is 31.0 Å². The number of hydrogen-bond donors (Lipinski definition) is 1. The van der Waals surface area contributed by atoms with Crippen molar-refractivity contribution >= 4 is 34.6 Å². The number of aliphatic hydroxyl groups excluding tert-OH is 1. The molecule has 26 heavy (non-hydrogen) atoms. The fourth-order valence-electron chi connectivity index (χ4n) is 3.23. The quantitative estimate of drug-likeness (QED) is 0.762. The van der Waals surface area contributed by atoms with Crippen molar-refractivity contribution in [2.45, 2.75) is 44.8 Å². The van der Waals surface area contributed by atoms with Crippen LogP contribution in [0.1, 0.15) is 29.9 Å². The summed E-state index contributed by atoms with van der Waals surface area (Å²) in [7, 11) is 0. The Bertz CT molecular complexity index is 790. The number of likely N-dealkylation sites (tertiary alicyclic amines) is 1. The molecular formula is C19H21ClN2O3S. The smallest absolute Gasteiger partial charge is 0.155 e. The maximum Gasteiger partial charge on any atom is 0.155 e. The van der Waals surface area contributed by atoms with Crippen molar-refractivity contribution in [3.63, 3.8) is 0 Å². The van der Waals surface area contributed by atoms with E-state index < -0.39 is 6.10 Å². The van der Waals surface area contributed by atoms with E-state index in [-0.39, 0.29) is 11.8 Å². The average Bonchev–Trinajstić information content (AvgIpc) is 3.19. The van der Waals surface area contributed by atoms with Gasteiger partial charge in [0.25, 0.3) is 0 Å². The van der Waals surface area contributed by atoms with Crippen molar-refractivity contribution in [1.82, 2.24) is 10.1 Å². The molecule has 0 unspecified atom stereocenters. The highest BCUT2D eigenvalue weighted by atomic mass is 35.5. The molecule has 0 spiro atoms. The van der Waals surface area contributed by atoms with Crippen LogP contribution in [0.3, 0.4) is 0 Å². The van der Waals surface area contributed by atoms with Gasteiger partial charge in [-0.15, -0.1) is 0 Å². The third-order valence-electron chi connectivity index (χ3n) is 4.55. The van der Waals surface area contributed by atoms with E-state index >= 15 is 0 Å². The summed E-state index contributed by atoms with van der Waals surface area (Å²) in [5.41, 5.74) is 1.85. The van der Waals surface area contributed by atoms with Crippen molar-refractivity contribution in [3.05, 3.63) is 52.4 Å². The number of aromatic nitrogens is 1. The SMILES string of the molecule is Cc1cc(CC(=S)N2C[C@H](O)C[C@H]2C(=O)CCc2ccc(Cl)cc2)on1. The van der Waals surface area contributed by atoms with E-state index in [0.29, 0.717) is 48.0 Å². The van der Waals surface area contributed by atoms with Gasteiger partial charge in [0.1, 0.15) is 5.76 Å². The fourth-order valence-corrected chi connectivity index (χ4v) is 3.70. The highest BCUT2D eigenvalue weighted by Crippen LogP contribution is 2.23. The predicted octanol–water partition coefficient (Wildman–Crippen LogP) is 3.14. The summed E-state index contributed by atoms with van der Waals surface area (Å²) in [5.74, 6) is 0.758. The molecular weight excluding hydrogens is 372 g/mol. The van der Waals surface area contributed by atoms with Crippen LogP contribution in [-0.2, 0) is 17.6 Å². The highest BCUT2D eigenvalue weighted by molar-refractivity contribution is 7.80. The molecule has 7 heteroatoms. The van der Waals surface area contributed by atoms with Gasteiger partial charge in [-0.25, -0.2) is 0 Å². The van der Waals surface area contributed by atoms with Crippen LogP contribution in [-0.4, -0.2) is 44.6 Å². The second-order valence-corrected chi connectivity index (χ2v) is 7.56. The molecule has 2 aromatic rings. The molecule has 1 aromatic carbocycles. The summed E-state index contributed by atoms with van der Waals surface area (Å²) in [5, 5.41) is 14.6. The monoisotopic (exact) mass is 392 g/mol. The summed E-state index contributed by atoms with van der Waals surface area (Å²) in [6.07, 6.45) is 1.32. The number of hydrogen-bond acceptors (Lipinski definition) is 5. The fraction of sp³-hybridized carbons (Fsp3) is 0.421. The average molecular weight is 393 g/mol. The van der Waals surface area contributed by atoms with Crippen LogP contribution in [0.25, 0.3) is 0 Å². The molecule has 1 aliphatic rings. The maximum atomic E-state index is 12.7. The molecule has 138 valence electrons. The number of rotatable bonds is 6. The number of Topliss-reactive ketones (excluding diaryl/α,β-unsaturated/α-hetero) is 1. The Hall–Kier alpha value is -1.76. The van der Waals surface area contributed by atoms with Gasteiger partial charge < -0.3 is 14.5 Å². The van der Waals surface area contributed by atoms with Gasteiger partial charge in [0.2, 0.25) is 0 Å². The molecule has 2 atom stereocenters. The Morgan fingerprint density at radius 2 is 2.15 bits per heavy atom. The van der Waals surface area contributed by atoms with E-state index in [1.165, 1.54) is 0 Å². The lowest BCUT2D eigenvalue weighted by Gasteiger charge is -2.25. The second-order valence-electron chi connectivity index (χ2n) is 6.66. The summed E-state index contributed by atoms with van der Waals surface area (Å²) in [6.45, 7) is 2.22. The molecule has 0 bridgehead atoms. The van der Waals surface area contributed by atoms with Crippen LogP contribution in [0.5, 0.6) is 0 Å². The van der Waals surface area contributed by atoms with E-state index in [9.17, 15) is 9.90 Å². The molecule has 3 rings (SSSR count). The first-order valence-electron chi connectivity index (χ1n) is 8.59.